The minimum atomic E-state index is -0.708. The van der Waals surface area contributed by atoms with E-state index in [2.05, 4.69) is 39.0 Å². The van der Waals surface area contributed by atoms with E-state index in [0.29, 0.717) is 52.4 Å². The molecule has 3 aromatic rings. The second-order valence-corrected chi connectivity index (χ2v) is 10.0. The lowest BCUT2D eigenvalue weighted by molar-refractivity contribution is -0.127. The number of fused-ring (bicyclic) bond motifs is 1. The van der Waals surface area contributed by atoms with Crippen LogP contribution >= 0.6 is 11.6 Å². The molecule has 0 radical (unpaired) electrons. The Morgan fingerprint density at radius 3 is 2.74 bits per heavy atom. The third-order valence-corrected chi connectivity index (χ3v) is 7.41. The summed E-state index contributed by atoms with van der Waals surface area (Å²) in [5.74, 6) is 4.90. The summed E-state index contributed by atoms with van der Waals surface area (Å²) in [5, 5.41) is 16.2. The van der Waals surface area contributed by atoms with Gasteiger partial charge in [-0.25, -0.2) is 4.68 Å². The molecule has 5 rings (SSSR count). The summed E-state index contributed by atoms with van der Waals surface area (Å²) in [6.45, 7) is 4.28. The molecule has 202 valence electrons. The van der Waals surface area contributed by atoms with E-state index in [9.17, 15) is 14.0 Å². The summed E-state index contributed by atoms with van der Waals surface area (Å²) < 4.78 is 21.3. The van der Waals surface area contributed by atoms with Crippen molar-refractivity contribution < 1.29 is 18.7 Å². The molecule has 2 amide bonds. The number of halogens is 2. The van der Waals surface area contributed by atoms with Gasteiger partial charge in [-0.15, -0.1) is 10.2 Å². The van der Waals surface area contributed by atoms with Gasteiger partial charge in [0.15, 0.2) is 5.69 Å². The Morgan fingerprint density at radius 2 is 2.10 bits per heavy atom. The first-order valence-corrected chi connectivity index (χ1v) is 12.8. The second-order valence-electron chi connectivity index (χ2n) is 9.60. The van der Waals surface area contributed by atoms with Crippen molar-refractivity contribution in [3.05, 3.63) is 58.1 Å². The fraction of sp³-hybridized carbons (Fsp3) is 0.370. The fourth-order valence-electron chi connectivity index (χ4n) is 5.17. The topological polar surface area (TPSA) is 128 Å². The average Bonchev–Trinajstić information content (AvgIpc) is 3.54. The lowest BCUT2D eigenvalue weighted by atomic mass is 10.0. The summed E-state index contributed by atoms with van der Waals surface area (Å²) in [6, 6.07) is 2.85. The molecule has 2 fully saturated rings. The SMILES string of the molecule is C=CC(=O)N1CC(n2nc(C#Cc3cc4nnc(F)c(C5CC5)c4cc3Cl)c(C(N)=O)c2NC)CC1COC. The van der Waals surface area contributed by atoms with Crippen LogP contribution in [0.3, 0.4) is 0 Å². The number of carbonyl (C=O) groups excluding carboxylic acids is 2. The Bertz CT molecular complexity index is 1560. The molecule has 2 aromatic heterocycles. The van der Waals surface area contributed by atoms with E-state index >= 15 is 0 Å². The molecule has 39 heavy (non-hydrogen) atoms. The Kier molecular flexibility index (Phi) is 7.25. The molecule has 1 saturated carbocycles. The highest BCUT2D eigenvalue weighted by atomic mass is 35.5. The molecule has 3 heterocycles. The van der Waals surface area contributed by atoms with E-state index < -0.39 is 11.9 Å². The largest absolute Gasteiger partial charge is 0.383 e. The zero-order chi connectivity index (χ0) is 27.8. The summed E-state index contributed by atoms with van der Waals surface area (Å²) in [5.41, 5.74) is 7.44. The lowest BCUT2D eigenvalue weighted by Crippen LogP contribution is -2.37. The maximum absolute atomic E-state index is 14.4. The van der Waals surface area contributed by atoms with Crippen molar-refractivity contribution in [2.75, 3.05) is 32.6 Å². The number of primary amides is 1. The Balaban J connectivity index is 1.54. The van der Waals surface area contributed by atoms with Crippen molar-refractivity contribution in [2.24, 2.45) is 5.73 Å². The predicted molar refractivity (Wildman–Crippen MR) is 144 cm³/mol. The van der Waals surface area contributed by atoms with Gasteiger partial charge in [-0.3, -0.25) is 9.59 Å². The highest BCUT2D eigenvalue weighted by Crippen LogP contribution is 2.44. The zero-order valence-corrected chi connectivity index (χ0v) is 22.3. The summed E-state index contributed by atoms with van der Waals surface area (Å²) in [4.78, 5) is 26.6. The first kappa shape index (κ1) is 26.6. The monoisotopic (exact) mass is 551 g/mol. The number of anilines is 1. The van der Waals surface area contributed by atoms with E-state index in [4.69, 9.17) is 22.1 Å². The zero-order valence-electron chi connectivity index (χ0n) is 21.5. The molecule has 0 spiro atoms. The number of carbonyl (C=O) groups is 2. The number of likely N-dealkylation sites (tertiary alicyclic amines) is 1. The van der Waals surface area contributed by atoms with Crippen LogP contribution in [0, 0.1) is 17.8 Å². The van der Waals surface area contributed by atoms with Crippen LogP contribution in [0.4, 0.5) is 10.2 Å². The van der Waals surface area contributed by atoms with Gasteiger partial charge in [-0.2, -0.15) is 9.49 Å². The van der Waals surface area contributed by atoms with Gasteiger partial charge >= 0.3 is 0 Å². The molecule has 1 aromatic carbocycles. The number of hydrogen-bond donors (Lipinski definition) is 2. The van der Waals surface area contributed by atoms with Crippen molar-refractivity contribution in [1.29, 1.82) is 0 Å². The third kappa shape index (κ3) is 4.93. The van der Waals surface area contributed by atoms with Gasteiger partial charge in [0.1, 0.15) is 11.4 Å². The van der Waals surface area contributed by atoms with Gasteiger partial charge in [-0.05, 0) is 49.3 Å². The van der Waals surface area contributed by atoms with Crippen molar-refractivity contribution in [1.82, 2.24) is 24.9 Å². The first-order valence-electron chi connectivity index (χ1n) is 12.5. The number of nitrogens with one attached hydrogen (secondary N) is 1. The predicted octanol–water partition coefficient (Wildman–Crippen LogP) is 3.01. The Morgan fingerprint density at radius 1 is 1.33 bits per heavy atom. The minimum Gasteiger partial charge on any atom is -0.383 e. The van der Waals surface area contributed by atoms with Crippen molar-refractivity contribution in [3.63, 3.8) is 0 Å². The van der Waals surface area contributed by atoms with E-state index in [-0.39, 0.29) is 35.2 Å². The molecule has 1 aliphatic heterocycles. The summed E-state index contributed by atoms with van der Waals surface area (Å²) in [7, 11) is 3.23. The van der Waals surface area contributed by atoms with Crippen LogP contribution in [-0.2, 0) is 9.53 Å². The first-order chi connectivity index (χ1) is 18.8. The number of ether oxygens (including phenoxy) is 1. The number of rotatable bonds is 7. The van der Waals surface area contributed by atoms with E-state index in [1.165, 1.54) is 6.08 Å². The van der Waals surface area contributed by atoms with Gasteiger partial charge in [0.25, 0.3) is 5.91 Å². The molecule has 2 atom stereocenters. The number of nitrogens with zero attached hydrogens (tertiary/aromatic N) is 5. The molecule has 1 saturated heterocycles. The molecule has 0 bridgehead atoms. The maximum Gasteiger partial charge on any atom is 0.255 e. The van der Waals surface area contributed by atoms with Gasteiger partial charge in [0, 0.05) is 37.2 Å². The molecule has 1 aliphatic carbocycles. The second kappa shape index (κ2) is 10.6. The fourth-order valence-corrected chi connectivity index (χ4v) is 5.38. The van der Waals surface area contributed by atoms with Crippen LogP contribution in [0.25, 0.3) is 10.9 Å². The lowest BCUT2D eigenvalue weighted by Gasteiger charge is -2.22. The highest BCUT2D eigenvalue weighted by molar-refractivity contribution is 6.32. The van der Waals surface area contributed by atoms with Gasteiger partial charge in [0.05, 0.1) is 29.2 Å². The Hall–Kier alpha value is -4.01. The van der Waals surface area contributed by atoms with Crippen molar-refractivity contribution in [2.45, 2.75) is 37.3 Å². The number of aromatic nitrogens is 4. The number of nitrogens with two attached hydrogens (primary N) is 1. The highest BCUT2D eigenvalue weighted by Gasteiger charge is 2.38. The number of methoxy groups -OCH3 is 1. The quantitative estimate of drug-likeness (QED) is 0.341. The van der Waals surface area contributed by atoms with Crippen LogP contribution in [0.5, 0.6) is 0 Å². The molecular weight excluding hydrogens is 525 g/mol. The normalized spacial score (nSPS) is 18.6. The minimum absolute atomic E-state index is 0.120. The molecular formula is C27H27ClFN7O3. The standard InChI is InChI=1S/C27H27ClFN7O3/c1-4-22(37)35-12-16(10-17(35)13-39-3)36-27(31-2)24(26(30)38)20(34-36)8-7-15-9-21-18(11-19(15)28)23(14-5-6-14)25(29)33-32-21/h4,9,11,14,16-17,31H,1,5-6,10,12-13H2,2-3H3,(H2,30,38). The molecule has 3 N–H and O–H groups in total. The van der Waals surface area contributed by atoms with Gasteiger partial charge in [0.2, 0.25) is 11.9 Å². The van der Waals surface area contributed by atoms with Crippen LogP contribution in [0.2, 0.25) is 5.02 Å². The molecule has 12 heteroatoms. The van der Waals surface area contributed by atoms with Crippen molar-refractivity contribution >= 4 is 40.1 Å². The van der Waals surface area contributed by atoms with Crippen LogP contribution in [-0.4, -0.2) is 70.0 Å². The average molecular weight is 552 g/mol. The van der Waals surface area contributed by atoms with Crippen molar-refractivity contribution in [3.8, 4) is 11.8 Å². The van der Waals surface area contributed by atoms with Crippen LogP contribution in [0.1, 0.15) is 58.4 Å². The van der Waals surface area contributed by atoms with E-state index in [1.807, 2.05) is 0 Å². The van der Waals surface area contributed by atoms with E-state index in [1.54, 1.807) is 35.9 Å². The van der Waals surface area contributed by atoms with E-state index in [0.717, 1.165) is 12.8 Å². The van der Waals surface area contributed by atoms with Crippen LogP contribution in [0.15, 0.2) is 24.8 Å². The van der Waals surface area contributed by atoms with Gasteiger partial charge in [-0.1, -0.05) is 24.1 Å². The van der Waals surface area contributed by atoms with Crippen LogP contribution < -0.4 is 11.1 Å². The Labute approximate surface area is 229 Å². The smallest absolute Gasteiger partial charge is 0.255 e. The molecule has 10 nitrogen and oxygen atoms in total. The number of amides is 2. The summed E-state index contributed by atoms with van der Waals surface area (Å²) >= 11 is 6.53. The molecule has 2 aliphatic rings. The summed E-state index contributed by atoms with van der Waals surface area (Å²) in [6.07, 6.45) is 3.61. The third-order valence-electron chi connectivity index (χ3n) is 7.09. The number of hydrogen-bond acceptors (Lipinski definition) is 7. The molecule has 2 unspecified atom stereocenters. The number of benzene rings is 1. The maximum atomic E-state index is 14.4. The van der Waals surface area contributed by atoms with Gasteiger partial charge < -0.3 is 20.7 Å².